The van der Waals surface area contributed by atoms with Crippen LogP contribution in [0.15, 0.2) is 36.5 Å². The summed E-state index contributed by atoms with van der Waals surface area (Å²) in [5.74, 6) is 0. The fourth-order valence-corrected chi connectivity index (χ4v) is 2.03. The standard InChI is InChI=1S/C13H14N2O/c1-2-4-11-8-15-12(7-10(11)3-1)13-9-14-5-6-16-13/h1-4,7-8,13-14H,5-6,9H2/t13-/m0/s1. The fraction of sp³-hybridized carbons (Fsp3) is 0.308. The van der Waals surface area contributed by atoms with Gasteiger partial charge in [-0.15, -0.1) is 0 Å². The van der Waals surface area contributed by atoms with Crippen LogP contribution in [0, 0.1) is 0 Å². The van der Waals surface area contributed by atoms with E-state index in [1.807, 2.05) is 18.3 Å². The molecule has 1 N–H and O–H groups in total. The second kappa shape index (κ2) is 4.20. The quantitative estimate of drug-likeness (QED) is 0.787. The van der Waals surface area contributed by atoms with Crippen LogP contribution in [0.3, 0.4) is 0 Å². The predicted octanol–water partition coefficient (Wildman–Crippen LogP) is 1.90. The van der Waals surface area contributed by atoms with E-state index in [4.69, 9.17) is 4.74 Å². The summed E-state index contributed by atoms with van der Waals surface area (Å²) in [6.45, 7) is 2.55. The van der Waals surface area contributed by atoms with Gasteiger partial charge in [-0.3, -0.25) is 4.98 Å². The minimum absolute atomic E-state index is 0.0957. The van der Waals surface area contributed by atoms with E-state index < -0.39 is 0 Å². The molecule has 1 saturated heterocycles. The first-order valence-electron chi connectivity index (χ1n) is 5.60. The van der Waals surface area contributed by atoms with Crippen LogP contribution in [0.25, 0.3) is 10.8 Å². The minimum atomic E-state index is 0.0957. The zero-order chi connectivity index (χ0) is 10.8. The Kier molecular flexibility index (Phi) is 2.56. The summed E-state index contributed by atoms with van der Waals surface area (Å²) in [7, 11) is 0. The lowest BCUT2D eigenvalue weighted by Crippen LogP contribution is -2.33. The number of pyridine rings is 1. The Bertz CT molecular complexity index is 492. The first-order valence-corrected chi connectivity index (χ1v) is 5.60. The third-order valence-electron chi connectivity index (χ3n) is 2.91. The van der Waals surface area contributed by atoms with Gasteiger partial charge >= 0.3 is 0 Å². The number of nitrogens with one attached hydrogen (secondary N) is 1. The van der Waals surface area contributed by atoms with E-state index in [9.17, 15) is 0 Å². The smallest absolute Gasteiger partial charge is 0.112 e. The zero-order valence-electron chi connectivity index (χ0n) is 9.02. The summed E-state index contributed by atoms with van der Waals surface area (Å²) in [6, 6.07) is 10.4. The summed E-state index contributed by atoms with van der Waals surface area (Å²) in [5, 5.41) is 5.72. The van der Waals surface area contributed by atoms with Crippen molar-refractivity contribution in [2.45, 2.75) is 6.10 Å². The molecule has 0 saturated carbocycles. The Hall–Kier alpha value is -1.45. The van der Waals surface area contributed by atoms with Crippen LogP contribution < -0.4 is 5.32 Å². The molecule has 1 atom stereocenters. The van der Waals surface area contributed by atoms with Gasteiger partial charge in [0.25, 0.3) is 0 Å². The van der Waals surface area contributed by atoms with Crippen molar-refractivity contribution in [1.82, 2.24) is 10.3 Å². The Morgan fingerprint density at radius 2 is 2.12 bits per heavy atom. The van der Waals surface area contributed by atoms with E-state index in [1.54, 1.807) is 0 Å². The van der Waals surface area contributed by atoms with E-state index in [0.717, 1.165) is 25.4 Å². The molecule has 1 fully saturated rings. The van der Waals surface area contributed by atoms with Gasteiger partial charge in [0, 0.05) is 24.7 Å². The van der Waals surface area contributed by atoms with Crippen molar-refractivity contribution in [1.29, 1.82) is 0 Å². The molecule has 0 bridgehead atoms. The number of fused-ring (bicyclic) bond motifs is 1. The van der Waals surface area contributed by atoms with Crippen LogP contribution in [-0.4, -0.2) is 24.7 Å². The van der Waals surface area contributed by atoms with Crippen LogP contribution in [0.5, 0.6) is 0 Å². The molecule has 82 valence electrons. The van der Waals surface area contributed by atoms with Gasteiger partial charge in [0.1, 0.15) is 6.10 Å². The zero-order valence-corrected chi connectivity index (χ0v) is 9.02. The number of ether oxygens (including phenoxy) is 1. The largest absolute Gasteiger partial charge is 0.369 e. The molecule has 0 aliphatic carbocycles. The van der Waals surface area contributed by atoms with Crippen molar-refractivity contribution in [2.24, 2.45) is 0 Å². The van der Waals surface area contributed by atoms with Crippen LogP contribution in [-0.2, 0) is 4.74 Å². The van der Waals surface area contributed by atoms with Crippen LogP contribution in [0.1, 0.15) is 11.8 Å². The molecule has 0 radical (unpaired) electrons. The van der Waals surface area contributed by atoms with Gasteiger partial charge in [-0.1, -0.05) is 24.3 Å². The van der Waals surface area contributed by atoms with Crippen molar-refractivity contribution < 1.29 is 4.74 Å². The predicted molar refractivity (Wildman–Crippen MR) is 63.3 cm³/mol. The van der Waals surface area contributed by atoms with E-state index in [-0.39, 0.29) is 6.10 Å². The lowest BCUT2D eigenvalue weighted by atomic mass is 10.1. The fourth-order valence-electron chi connectivity index (χ4n) is 2.03. The Morgan fingerprint density at radius 1 is 1.25 bits per heavy atom. The van der Waals surface area contributed by atoms with Gasteiger partial charge in [-0.2, -0.15) is 0 Å². The Morgan fingerprint density at radius 3 is 2.94 bits per heavy atom. The molecule has 16 heavy (non-hydrogen) atoms. The van der Waals surface area contributed by atoms with Gasteiger partial charge in [0.05, 0.1) is 12.3 Å². The number of nitrogens with zero attached hydrogens (tertiary/aromatic N) is 1. The number of morpholine rings is 1. The van der Waals surface area contributed by atoms with Crippen molar-refractivity contribution in [3.05, 3.63) is 42.2 Å². The maximum Gasteiger partial charge on any atom is 0.112 e. The van der Waals surface area contributed by atoms with Crippen LogP contribution >= 0.6 is 0 Å². The van der Waals surface area contributed by atoms with Gasteiger partial charge in [-0.05, 0) is 11.5 Å². The number of benzene rings is 1. The molecule has 3 heteroatoms. The number of hydrogen-bond acceptors (Lipinski definition) is 3. The maximum absolute atomic E-state index is 5.69. The maximum atomic E-state index is 5.69. The molecule has 2 heterocycles. The average molecular weight is 214 g/mol. The minimum Gasteiger partial charge on any atom is -0.369 e. The summed E-state index contributed by atoms with van der Waals surface area (Å²) in [5.41, 5.74) is 1.02. The van der Waals surface area contributed by atoms with Gasteiger partial charge in [0.2, 0.25) is 0 Å². The molecule has 1 aliphatic rings. The van der Waals surface area contributed by atoms with Crippen molar-refractivity contribution in [3.63, 3.8) is 0 Å². The van der Waals surface area contributed by atoms with Crippen molar-refractivity contribution in [2.75, 3.05) is 19.7 Å². The molecule has 1 aliphatic heterocycles. The van der Waals surface area contributed by atoms with Crippen LogP contribution in [0.4, 0.5) is 0 Å². The first kappa shape index (κ1) is 9.75. The van der Waals surface area contributed by atoms with Crippen LogP contribution in [0.2, 0.25) is 0 Å². The monoisotopic (exact) mass is 214 g/mol. The molecule has 0 amide bonds. The third kappa shape index (κ3) is 1.79. The number of hydrogen-bond donors (Lipinski definition) is 1. The average Bonchev–Trinajstić information content (AvgIpc) is 2.39. The molecule has 2 aromatic rings. The van der Waals surface area contributed by atoms with E-state index in [1.165, 1.54) is 10.8 Å². The first-order chi connectivity index (χ1) is 7.93. The van der Waals surface area contributed by atoms with Gasteiger partial charge in [-0.25, -0.2) is 0 Å². The Labute approximate surface area is 94.5 Å². The second-order valence-corrected chi connectivity index (χ2v) is 4.02. The number of rotatable bonds is 1. The highest BCUT2D eigenvalue weighted by molar-refractivity contribution is 5.81. The van der Waals surface area contributed by atoms with E-state index in [2.05, 4.69) is 28.5 Å². The van der Waals surface area contributed by atoms with E-state index >= 15 is 0 Å². The molecule has 3 nitrogen and oxygen atoms in total. The molecule has 1 aromatic heterocycles. The SMILES string of the molecule is c1ccc2cc([C@@H]3CNCCO3)ncc2c1. The summed E-state index contributed by atoms with van der Waals surface area (Å²) in [6.07, 6.45) is 2.01. The lowest BCUT2D eigenvalue weighted by molar-refractivity contribution is 0.0251. The van der Waals surface area contributed by atoms with E-state index in [0.29, 0.717) is 0 Å². The highest BCUT2D eigenvalue weighted by Gasteiger charge is 2.16. The summed E-state index contributed by atoms with van der Waals surface area (Å²) < 4.78 is 5.69. The molecule has 1 aromatic carbocycles. The molecule has 0 spiro atoms. The molecule has 3 rings (SSSR count). The summed E-state index contributed by atoms with van der Waals surface area (Å²) >= 11 is 0. The topological polar surface area (TPSA) is 34.1 Å². The van der Waals surface area contributed by atoms with Crippen molar-refractivity contribution >= 4 is 10.8 Å². The van der Waals surface area contributed by atoms with Gasteiger partial charge in [0.15, 0.2) is 0 Å². The number of aromatic nitrogens is 1. The molecule has 0 unspecified atom stereocenters. The third-order valence-corrected chi connectivity index (χ3v) is 2.91. The lowest BCUT2D eigenvalue weighted by Gasteiger charge is -2.23. The summed E-state index contributed by atoms with van der Waals surface area (Å²) in [4.78, 5) is 4.47. The molecular weight excluding hydrogens is 200 g/mol. The van der Waals surface area contributed by atoms with Crippen molar-refractivity contribution in [3.8, 4) is 0 Å². The van der Waals surface area contributed by atoms with Gasteiger partial charge < -0.3 is 10.1 Å². The highest BCUT2D eigenvalue weighted by atomic mass is 16.5. The normalized spacial score (nSPS) is 21.1. The molecular formula is C13H14N2O. The Balaban J connectivity index is 1.97. The highest BCUT2D eigenvalue weighted by Crippen LogP contribution is 2.20. The second-order valence-electron chi connectivity index (χ2n) is 4.02.